The third-order valence-corrected chi connectivity index (χ3v) is 4.15. The highest BCUT2D eigenvalue weighted by atomic mass is 16.5. The number of likely N-dealkylation sites (tertiary alicyclic amines) is 1. The molecule has 1 aliphatic heterocycles. The number of urea groups is 1. The van der Waals surface area contributed by atoms with E-state index in [1.165, 1.54) is 0 Å². The molecule has 1 fully saturated rings. The van der Waals surface area contributed by atoms with Crippen LogP contribution in [0.5, 0.6) is 5.75 Å². The van der Waals surface area contributed by atoms with E-state index in [9.17, 15) is 9.90 Å². The van der Waals surface area contributed by atoms with E-state index in [1.54, 1.807) is 4.90 Å². The van der Waals surface area contributed by atoms with E-state index in [2.05, 4.69) is 5.32 Å². The number of ether oxygens (including phenoxy) is 1. The Morgan fingerprint density at radius 1 is 1.21 bits per heavy atom. The zero-order chi connectivity index (χ0) is 16.9. The molecule has 2 aromatic rings. The van der Waals surface area contributed by atoms with Crippen molar-refractivity contribution in [3.8, 4) is 5.75 Å². The Bertz CT molecular complexity index is 690. The van der Waals surface area contributed by atoms with Crippen LogP contribution in [0.25, 0.3) is 0 Å². The maximum Gasteiger partial charge on any atom is 0.322 e. The Morgan fingerprint density at radius 2 is 1.92 bits per heavy atom. The molecule has 2 aromatic carbocycles. The molecule has 3 rings (SSSR count). The molecule has 1 saturated heterocycles. The lowest BCUT2D eigenvalue weighted by Gasteiger charge is -2.20. The molecular weight excluding hydrogens is 304 g/mol. The summed E-state index contributed by atoms with van der Waals surface area (Å²) in [5.74, 6) is 0.627. The smallest absolute Gasteiger partial charge is 0.322 e. The van der Waals surface area contributed by atoms with E-state index in [0.717, 1.165) is 5.56 Å². The monoisotopic (exact) mass is 326 g/mol. The minimum absolute atomic E-state index is 0.127. The van der Waals surface area contributed by atoms with Crippen LogP contribution in [0.2, 0.25) is 0 Å². The van der Waals surface area contributed by atoms with Crippen molar-refractivity contribution in [3.05, 3.63) is 60.2 Å². The maximum atomic E-state index is 12.3. The zero-order valence-corrected chi connectivity index (χ0v) is 13.7. The SMILES string of the molecule is CC(Oc1ccccc1NC(=O)N1CCC(O)C1)c1ccccc1. The van der Waals surface area contributed by atoms with Gasteiger partial charge in [0, 0.05) is 13.1 Å². The second-order valence-electron chi connectivity index (χ2n) is 5.99. The highest BCUT2D eigenvalue weighted by Crippen LogP contribution is 2.29. The van der Waals surface area contributed by atoms with Gasteiger partial charge in [0.05, 0.1) is 11.8 Å². The predicted octanol–water partition coefficient (Wildman–Crippen LogP) is 3.43. The molecule has 1 heterocycles. The van der Waals surface area contributed by atoms with Crippen molar-refractivity contribution in [2.75, 3.05) is 18.4 Å². The number of benzene rings is 2. The number of carbonyl (C=O) groups is 1. The Morgan fingerprint density at radius 3 is 2.62 bits per heavy atom. The summed E-state index contributed by atoms with van der Waals surface area (Å²) >= 11 is 0. The number of carbonyl (C=O) groups excluding carboxylic acids is 1. The van der Waals surface area contributed by atoms with Gasteiger partial charge in [-0.05, 0) is 31.0 Å². The van der Waals surface area contributed by atoms with Crippen LogP contribution in [0, 0.1) is 0 Å². The van der Waals surface area contributed by atoms with Gasteiger partial charge in [0.1, 0.15) is 11.9 Å². The first-order valence-corrected chi connectivity index (χ1v) is 8.18. The fourth-order valence-corrected chi connectivity index (χ4v) is 2.78. The van der Waals surface area contributed by atoms with Gasteiger partial charge in [0.2, 0.25) is 0 Å². The van der Waals surface area contributed by atoms with Crippen LogP contribution >= 0.6 is 0 Å². The van der Waals surface area contributed by atoms with E-state index in [1.807, 2.05) is 61.5 Å². The third kappa shape index (κ3) is 3.86. The van der Waals surface area contributed by atoms with E-state index in [-0.39, 0.29) is 12.1 Å². The molecule has 0 saturated carbocycles. The van der Waals surface area contributed by atoms with E-state index < -0.39 is 6.10 Å². The van der Waals surface area contributed by atoms with Crippen molar-refractivity contribution in [2.45, 2.75) is 25.6 Å². The lowest BCUT2D eigenvalue weighted by atomic mass is 10.1. The largest absolute Gasteiger partial charge is 0.484 e. The van der Waals surface area contributed by atoms with Crippen molar-refractivity contribution < 1.29 is 14.6 Å². The summed E-state index contributed by atoms with van der Waals surface area (Å²) < 4.78 is 6.03. The van der Waals surface area contributed by atoms with Crippen molar-refractivity contribution in [1.82, 2.24) is 4.90 Å². The summed E-state index contributed by atoms with van der Waals surface area (Å²) in [7, 11) is 0. The molecule has 2 atom stereocenters. The molecule has 2 unspecified atom stereocenters. The van der Waals surface area contributed by atoms with E-state index >= 15 is 0 Å². The number of aliphatic hydroxyl groups excluding tert-OH is 1. The number of rotatable bonds is 4. The minimum Gasteiger partial charge on any atom is -0.484 e. The van der Waals surface area contributed by atoms with Crippen LogP contribution < -0.4 is 10.1 Å². The van der Waals surface area contributed by atoms with Gasteiger partial charge < -0.3 is 20.1 Å². The van der Waals surface area contributed by atoms with Gasteiger partial charge >= 0.3 is 6.03 Å². The standard InChI is InChI=1S/C19H22N2O3/c1-14(15-7-3-2-4-8-15)24-18-10-6-5-9-17(18)20-19(23)21-12-11-16(22)13-21/h2-10,14,16,22H,11-13H2,1H3,(H,20,23). The summed E-state index contributed by atoms with van der Waals surface area (Å²) in [6.07, 6.45) is 0.0644. The summed E-state index contributed by atoms with van der Waals surface area (Å²) in [6.45, 7) is 2.91. The number of hydrogen-bond donors (Lipinski definition) is 2. The second kappa shape index (κ2) is 7.36. The molecule has 1 aliphatic rings. The topological polar surface area (TPSA) is 61.8 Å². The molecule has 0 spiro atoms. The summed E-state index contributed by atoms with van der Waals surface area (Å²) in [5, 5.41) is 12.4. The Hall–Kier alpha value is -2.53. The minimum atomic E-state index is -0.430. The molecule has 0 aliphatic carbocycles. The number of amides is 2. The molecule has 0 radical (unpaired) electrons. The summed E-state index contributed by atoms with van der Waals surface area (Å²) in [5.41, 5.74) is 1.70. The van der Waals surface area contributed by atoms with Crippen LogP contribution in [-0.2, 0) is 0 Å². The number of para-hydroxylation sites is 2. The average molecular weight is 326 g/mol. The molecule has 0 bridgehead atoms. The van der Waals surface area contributed by atoms with E-state index in [4.69, 9.17) is 4.74 Å². The van der Waals surface area contributed by atoms with Gasteiger partial charge in [0.25, 0.3) is 0 Å². The maximum absolute atomic E-state index is 12.3. The molecule has 5 heteroatoms. The number of anilines is 1. The van der Waals surface area contributed by atoms with E-state index in [0.29, 0.717) is 30.9 Å². The fourth-order valence-electron chi connectivity index (χ4n) is 2.78. The molecule has 0 aromatic heterocycles. The Kier molecular flexibility index (Phi) is 5.01. The first kappa shape index (κ1) is 16.3. The number of aliphatic hydroxyl groups is 1. The van der Waals surface area contributed by atoms with Crippen LogP contribution in [0.3, 0.4) is 0 Å². The van der Waals surface area contributed by atoms with Gasteiger partial charge in [-0.1, -0.05) is 42.5 Å². The number of nitrogens with one attached hydrogen (secondary N) is 1. The molecule has 5 nitrogen and oxygen atoms in total. The lowest BCUT2D eigenvalue weighted by molar-refractivity contribution is 0.176. The normalized spacial score (nSPS) is 18.2. The number of nitrogens with zero attached hydrogens (tertiary/aromatic N) is 1. The first-order valence-electron chi connectivity index (χ1n) is 8.18. The Labute approximate surface area is 141 Å². The highest BCUT2D eigenvalue weighted by molar-refractivity contribution is 5.91. The molecule has 126 valence electrons. The quantitative estimate of drug-likeness (QED) is 0.905. The average Bonchev–Trinajstić information content (AvgIpc) is 3.04. The van der Waals surface area contributed by atoms with Crippen molar-refractivity contribution in [1.29, 1.82) is 0 Å². The van der Waals surface area contributed by atoms with Gasteiger partial charge in [0.15, 0.2) is 0 Å². The zero-order valence-electron chi connectivity index (χ0n) is 13.7. The summed E-state index contributed by atoms with van der Waals surface area (Å²) in [6, 6.07) is 17.1. The van der Waals surface area contributed by atoms with Crippen molar-refractivity contribution in [3.63, 3.8) is 0 Å². The van der Waals surface area contributed by atoms with Crippen LogP contribution in [0.1, 0.15) is 25.0 Å². The predicted molar refractivity (Wildman–Crippen MR) is 93.1 cm³/mol. The third-order valence-electron chi connectivity index (χ3n) is 4.15. The van der Waals surface area contributed by atoms with Gasteiger partial charge in [-0.2, -0.15) is 0 Å². The summed E-state index contributed by atoms with van der Waals surface area (Å²) in [4.78, 5) is 13.9. The van der Waals surface area contributed by atoms with Gasteiger partial charge in [-0.25, -0.2) is 4.79 Å². The van der Waals surface area contributed by atoms with Gasteiger partial charge in [-0.3, -0.25) is 0 Å². The van der Waals surface area contributed by atoms with Crippen LogP contribution in [-0.4, -0.2) is 35.2 Å². The lowest BCUT2D eigenvalue weighted by Crippen LogP contribution is -2.33. The number of hydrogen-bond acceptors (Lipinski definition) is 3. The molecule has 24 heavy (non-hydrogen) atoms. The Balaban J connectivity index is 1.70. The molecule has 2 amide bonds. The van der Waals surface area contributed by atoms with Crippen molar-refractivity contribution >= 4 is 11.7 Å². The highest BCUT2D eigenvalue weighted by Gasteiger charge is 2.25. The number of β-amino-alcohol motifs (C(OH)–C–C–N with tert-alkyl or cyclic N) is 1. The van der Waals surface area contributed by atoms with Crippen molar-refractivity contribution in [2.24, 2.45) is 0 Å². The fraction of sp³-hybridized carbons (Fsp3) is 0.316. The van der Waals surface area contributed by atoms with Crippen LogP contribution in [0.15, 0.2) is 54.6 Å². The van der Waals surface area contributed by atoms with Crippen LogP contribution in [0.4, 0.5) is 10.5 Å². The molecule has 2 N–H and O–H groups in total. The molecular formula is C19H22N2O3. The first-order chi connectivity index (χ1) is 11.6. The second-order valence-corrected chi connectivity index (χ2v) is 5.99. The van der Waals surface area contributed by atoms with Gasteiger partial charge in [-0.15, -0.1) is 0 Å².